The van der Waals surface area contributed by atoms with Gasteiger partial charge < -0.3 is 10.5 Å². The Morgan fingerprint density at radius 1 is 1.85 bits per heavy atom. The molecule has 0 saturated carbocycles. The van der Waals surface area contributed by atoms with E-state index in [1.165, 1.54) is 18.6 Å². The van der Waals surface area contributed by atoms with Crippen molar-refractivity contribution in [1.29, 1.82) is 0 Å². The molecule has 0 bridgehead atoms. The van der Waals surface area contributed by atoms with E-state index in [-0.39, 0.29) is 12.4 Å². The number of rotatable bonds is 3. The van der Waals surface area contributed by atoms with Crippen LogP contribution in [-0.2, 0) is 15.1 Å². The fourth-order valence-electron chi connectivity index (χ4n) is 0.961. The molecule has 4 nitrogen and oxygen atoms in total. The van der Waals surface area contributed by atoms with E-state index in [9.17, 15) is 4.79 Å². The number of carbonyl (C=O) groups is 1. The molecule has 0 aromatic carbocycles. The van der Waals surface area contributed by atoms with Crippen LogP contribution in [0.4, 0.5) is 0 Å². The van der Waals surface area contributed by atoms with Gasteiger partial charge in [0.25, 0.3) is 0 Å². The minimum Gasteiger partial charge on any atom is -0.469 e. The summed E-state index contributed by atoms with van der Waals surface area (Å²) in [6.07, 6.45) is 1.84. The number of ether oxygens (including phenoxy) is 1. The molecule has 13 heavy (non-hydrogen) atoms. The molecule has 2 N–H and O–H groups in total. The summed E-state index contributed by atoms with van der Waals surface area (Å²) in [5, 5.41) is 1.84. The van der Waals surface area contributed by atoms with Crippen LogP contribution in [0.15, 0.2) is 11.6 Å². The standard InChI is InChI=1S/C8H12N2O2S/c1-8(9,3-7(11)12-2)6-4-10-13-5-6/h4-5H,3,9H2,1-2H3. The van der Waals surface area contributed by atoms with Gasteiger partial charge in [-0.05, 0) is 18.5 Å². The van der Waals surface area contributed by atoms with Gasteiger partial charge in [0.15, 0.2) is 0 Å². The Hall–Kier alpha value is -0.940. The highest BCUT2D eigenvalue weighted by molar-refractivity contribution is 7.03. The highest BCUT2D eigenvalue weighted by Crippen LogP contribution is 2.22. The molecule has 0 amide bonds. The zero-order chi connectivity index (χ0) is 9.90. The number of methoxy groups -OCH3 is 1. The summed E-state index contributed by atoms with van der Waals surface area (Å²) in [5.41, 5.74) is 6.11. The van der Waals surface area contributed by atoms with E-state index in [4.69, 9.17) is 5.73 Å². The molecule has 5 heteroatoms. The summed E-state index contributed by atoms with van der Waals surface area (Å²) >= 11 is 1.32. The molecule has 1 aromatic heterocycles. The van der Waals surface area contributed by atoms with E-state index < -0.39 is 5.54 Å². The Kier molecular flexibility index (Phi) is 3.00. The molecule has 0 radical (unpaired) electrons. The van der Waals surface area contributed by atoms with Gasteiger partial charge in [-0.25, -0.2) is 4.37 Å². The van der Waals surface area contributed by atoms with Crippen molar-refractivity contribution < 1.29 is 9.53 Å². The van der Waals surface area contributed by atoms with Gasteiger partial charge in [-0.15, -0.1) is 0 Å². The lowest BCUT2D eigenvalue weighted by Gasteiger charge is -2.21. The number of esters is 1. The molecule has 1 atom stereocenters. The van der Waals surface area contributed by atoms with Crippen LogP contribution in [-0.4, -0.2) is 17.5 Å². The van der Waals surface area contributed by atoms with Crippen molar-refractivity contribution in [2.24, 2.45) is 5.73 Å². The lowest BCUT2D eigenvalue weighted by atomic mass is 9.93. The van der Waals surface area contributed by atoms with E-state index in [0.717, 1.165) is 5.56 Å². The van der Waals surface area contributed by atoms with Gasteiger partial charge in [0.05, 0.1) is 19.1 Å². The Morgan fingerprint density at radius 3 is 3.00 bits per heavy atom. The number of nitrogens with two attached hydrogens (primary N) is 1. The van der Waals surface area contributed by atoms with Crippen LogP contribution in [0.1, 0.15) is 18.9 Å². The van der Waals surface area contributed by atoms with Gasteiger partial charge in [-0.2, -0.15) is 0 Å². The second-order valence-electron chi connectivity index (χ2n) is 3.08. The zero-order valence-corrected chi connectivity index (χ0v) is 8.43. The van der Waals surface area contributed by atoms with Crippen LogP contribution in [0.5, 0.6) is 0 Å². The molecule has 0 saturated heterocycles. The first-order chi connectivity index (χ1) is 6.06. The fraction of sp³-hybridized carbons (Fsp3) is 0.500. The van der Waals surface area contributed by atoms with Crippen molar-refractivity contribution >= 4 is 17.5 Å². The summed E-state index contributed by atoms with van der Waals surface area (Å²) in [6, 6.07) is 0. The average Bonchev–Trinajstić information content (AvgIpc) is 2.55. The maximum atomic E-state index is 11.0. The van der Waals surface area contributed by atoms with E-state index >= 15 is 0 Å². The predicted molar refractivity (Wildman–Crippen MR) is 50.3 cm³/mol. The Balaban J connectivity index is 2.72. The summed E-state index contributed by atoms with van der Waals surface area (Å²) in [6.45, 7) is 1.79. The lowest BCUT2D eigenvalue weighted by Crippen LogP contribution is -2.35. The highest BCUT2D eigenvalue weighted by Gasteiger charge is 2.26. The molecule has 0 fully saturated rings. The second kappa shape index (κ2) is 3.85. The minimum atomic E-state index is -0.680. The zero-order valence-electron chi connectivity index (χ0n) is 7.61. The van der Waals surface area contributed by atoms with Crippen molar-refractivity contribution in [2.45, 2.75) is 18.9 Å². The van der Waals surface area contributed by atoms with E-state index in [1.807, 2.05) is 5.38 Å². The van der Waals surface area contributed by atoms with Gasteiger partial charge >= 0.3 is 5.97 Å². The molecule has 0 aliphatic heterocycles. The molecule has 0 spiro atoms. The maximum absolute atomic E-state index is 11.0. The molecule has 1 rings (SSSR count). The van der Waals surface area contributed by atoms with Gasteiger partial charge in [0.1, 0.15) is 0 Å². The van der Waals surface area contributed by atoms with Crippen molar-refractivity contribution in [2.75, 3.05) is 7.11 Å². The number of hydrogen-bond acceptors (Lipinski definition) is 5. The van der Waals surface area contributed by atoms with Gasteiger partial charge in [-0.1, -0.05) is 0 Å². The van der Waals surface area contributed by atoms with Crippen LogP contribution in [0, 0.1) is 0 Å². The maximum Gasteiger partial charge on any atom is 0.307 e. The normalized spacial score (nSPS) is 15.0. The minimum absolute atomic E-state index is 0.169. The first-order valence-corrected chi connectivity index (χ1v) is 4.65. The van der Waals surface area contributed by atoms with E-state index in [1.54, 1.807) is 13.1 Å². The third kappa shape index (κ3) is 2.50. The SMILES string of the molecule is COC(=O)CC(C)(N)c1cnsc1. The third-order valence-corrected chi connectivity index (χ3v) is 2.42. The van der Waals surface area contributed by atoms with Gasteiger partial charge in [-0.3, -0.25) is 4.79 Å². The van der Waals surface area contributed by atoms with Crippen LogP contribution in [0.2, 0.25) is 0 Å². The average molecular weight is 200 g/mol. The smallest absolute Gasteiger partial charge is 0.307 e. The summed E-state index contributed by atoms with van der Waals surface area (Å²) in [4.78, 5) is 11.0. The van der Waals surface area contributed by atoms with Crippen molar-refractivity contribution in [1.82, 2.24) is 4.37 Å². The van der Waals surface area contributed by atoms with E-state index in [0.29, 0.717) is 0 Å². The topological polar surface area (TPSA) is 65.2 Å². The molecule has 1 heterocycles. The summed E-state index contributed by atoms with van der Waals surface area (Å²) in [7, 11) is 1.35. The van der Waals surface area contributed by atoms with Crippen molar-refractivity contribution in [3.63, 3.8) is 0 Å². The van der Waals surface area contributed by atoms with Gasteiger partial charge in [0.2, 0.25) is 0 Å². The Bertz CT molecular complexity index is 282. The lowest BCUT2D eigenvalue weighted by molar-refractivity contribution is -0.141. The largest absolute Gasteiger partial charge is 0.469 e. The Morgan fingerprint density at radius 2 is 2.54 bits per heavy atom. The number of hydrogen-bond donors (Lipinski definition) is 1. The van der Waals surface area contributed by atoms with Crippen LogP contribution >= 0.6 is 11.5 Å². The summed E-state index contributed by atoms with van der Waals surface area (Å²) in [5.74, 6) is -0.309. The van der Waals surface area contributed by atoms with E-state index in [2.05, 4.69) is 9.11 Å². The monoisotopic (exact) mass is 200 g/mol. The first-order valence-electron chi connectivity index (χ1n) is 3.82. The summed E-state index contributed by atoms with van der Waals surface area (Å²) < 4.78 is 8.48. The molecular weight excluding hydrogens is 188 g/mol. The molecule has 1 unspecified atom stereocenters. The first kappa shape index (κ1) is 10.1. The fourth-order valence-corrected chi connectivity index (χ4v) is 1.64. The second-order valence-corrected chi connectivity index (χ2v) is 3.74. The number of carbonyl (C=O) groups excluding carboxylic acids is 1. The molecule has 0 aliphatic rings. The highest BCUT2D eigenvalue weighted by atomic mass is 32.1. The van der Waals surface area contributed by atoms with Crippen LogP contribution < -0.4 is 5.73 Å². The van der Waals surface area contributed by atoms with Crippen molar-refractivity contribution in [3.8, 4) is 0 Å². The molecule has 1 aromatic rings. The molecule has 72 valence electrons. The van der Waals surface area contributed by atoms with Crippen LogP contribution in [0.25, 0.3) is 0 Å². The quantitative estimate of drug-likeness (QED) is 0.735. The van der Waals surface area contributed by atoms with Crippen LogP contribution in [0.3, 0.4) is 0 Å². The van der Waals surface area contributed by atoms with Gasteiger partial charge in [0, 0.05) is 17.1 Å². The van der Waals surface area contributed by atoms with Crippen molar-refractivity contribution in [3.05, 3.63) is 17.1 Å². The Labute approximate surface area is 80.9 Å². The molecule has 0 aliphatic carbocycles. The number of nitrogens with zero attached hydrogens (tertiary/aromatic N) is 1. The third-order valence-electron chi connectivity index (χ3n) is 1.83. The molecular formula is C8H12N2O2S. The number of aromatic nitrogens is 1. The predicted octanol–water partition coefficient (Wildman–Crippen LogP) is 0.880.